The number of nitrogens with one attached hydrogen (secondary N) is 1. The van der Waals surface area contributed by atoms with Gasteiger partial charge in [-0.05, 0) is 19.1 Å². The molecule has 82 valence electrons. The molecule has 4 nitrogen and oxygen atoms in total. The van der Waals surface area contributed by atoms with Gasteiger partial charge in [-0.1, -0.05) is 11.6 Å². The minimum absolute atomic E-state index is 0.598. The smallest absolute Gasteiger partial charge is 0.180 e. The standard InChI is InChI=1S/C11H11ClN4/c1-7-5-10(13-2)16-11(15-7)9-4-3-8(12)6-14-9/h3-6H,1-2H3,(H,13,15,16). The lowest BCUT2D eigenvalue weighted by Gasteiger charge is -2.04. The number of hydrogen-bond donors (Lipinski definition) is 1. The van der Waals surface area contributed by atoms with E-state index in [2.05, 4.69) is 20.3 Å². The molecule has 0 aromatic carbocycles. The summed E-state index contributed by atoms with van der Waals surface area (Å²) in [6, 6.07) is 5.45. The molecule has 0 aliphatic carbocycles. The molecule has 2 aromatic rings. The normalized spacial score (nSPS) is 10.2. The van der Waals surface area contributed by atoms with Crippen molar-refractivity contribution in [3.05, 3.63) is 35.1 Å². The van der Waals surface area contributed by atoms with E-state index in [1.807, 2.05) is 20.0 Å². The summed E-state index contributed by atoms with van der Waals surface area (Å²) in [6.45, 7) is 1.92. The fourth-order valence-electron chi connectivity index (χ4n) is 1.32. The van der Waals surface area contributed by atoms with E-state index in [0.29, 0.717) is 16.5 Å². The van der Waals surface area contributed by atoms with E-state index in [4.69, 9.17) is 11.6 Å². The Kier molecular flexibility index (Phi) is 3.01. The van der Waals surface area contributed by atoms with Gasteiger partial charge in [0, 0.05) is 25.0 Å². The Morgan fingerprint density at radius 2 is 2.06 bits per heavy atom. The predicted octanol–water partition coefficient (Wildman–Crippen LogP) is 2.54. The molecule has 0 saturated heterocycles. The minimum atomic E-state index is 0.598. The first-order valence-corrected chi connectivity index (χ1v) is 5.22. The third-order valence-corrected chi connectivity index (χ3v) is 2.29. The SMILES string of the molecule is CNc1cc(C)nc(-c2ccc(Cl)cn2)n1. The van der Waals surface area contributed by atoms with Crippen LogP contribution in [0.25, 0.3) is 11.5 Å². The van der Waals surface area contributed by atoms with Crippen LogP contribution >= 0.6 is 11.6 Å². The summed E-state index contributed by atoms with van der Waals surface area (Å²) in [4.78, 5) is 12.8. The van der Waals surface area contributed by atoms with Gasteiger partial charge < -0.3 is 5.32 Å². The molecule has 0 bridgehead atoms. The molecule has 0 unspecified atom stereocenters. The molecule has 2 aromatic heterocycles. The van der Waals surface area contributed by atoms with Gasteiger partial charge in [0.25, 0.3) is 0 Å². The second-order valence-corrected chi connectivity index (χ2v) is 3.77. The van der Waals surface area contributed by atoms with Crippen LogP contribution in [0.4, 0.5) is 5.82 Å². The van der Waals surface area contributed by atoms with E-state index in [-0.39, 0.29) is 0 Å². The lowest BCUT2D eigenvalue weighted by molar-refractivity contribution is 1.09. The molecule has 0 aliphatic heterocycles. The number of aryl methyl sites for hydroxylation is 1. The van der Waals surface area contributed by atoms with Crippen molar-refractivity contribution in [2.75, 3.05) is 12.4 Å². The summed E-state index contributed by atoms with van der Waals surface area (Å²) >= 11 is 5.77. The Hall–Kier alpha value is -1.68. The molecule has 0 atom stereocenters. The Labute approximate surface area is 98.7 Å². The Morgan fingerprint density at radius 3 is 2.69 bits per heavy atom. The van der Waals surface area contributed by atoms with Crippen molar-refractivity contribution in [2.24, 2.45) is 0 Å². The first-order chi connectivity index (χ1) is 7.69. The molecule has 0 fully saturated rings. The van der Waals surface area contributed by atoms with Gasteiger partial charge >= 0.3 is 0 Å². The van der Waals surface area contributed by atoms with E-state index in [0.717, 1.165) is 11.5 Å². The molecule has 0 spiro atoms. The topological polar surface area (TPSA) is 50.7 Å². The van der Waals surface area contributed by atoms with Crippen molar-refractivity contribution in [1.29, 1.82) is 0 Å². The second kappa shape index (κ2) is 4.45. The largest absolute Gasteiger partial charge is 0.373 e. The number of anilines is 1. The lowest BCUT2D eigenvalue weighted by atomic mass is 10.3. The molecule has 1 N–H and O–H groups in total. The first kappa shape index (κ1) is 10.8. The zero-order valence-electron chi connectivity index (χ0n) is 9.03. The number of halogens is 1. The maximum absolute atomic E-state index is 5.77. The van der Waals surface area contributed by atoms with Crippen molar-refractivity contribution in [1.82, 2.24) is 15.0 Å². The van der Waals surface area contributed by atoms with E-state index >= 15 is 0 Å². The zero-order chi connectivity index (χ0) is 11.5. The number of aromatic nitrogens is 3. The average Bonchev–Trinajstić information content (AvgIpc) is 2.29. The maximum Gasteiger partial charge on any atom is 0.180 e. The monoisotopic (exact) mass is 234 g/mol. The third kappa shape index (κ3) is 2.28. The lowest BCUT2D eigenvalue weighted by Crippen LogP contribution is -1.99. The highest BCUT2D eigenvalue weighted by atomic mass is 35.5. The van der Waals surface area contributed by atoms with Crippen LogP contribution in [-0.4, -0.2) is 22.0 Å². The van der Waals surface area contributed by atoms with Gasteiger partial charge in [-0.15, -0.1) is 0 Å². The highest BCUT2D eigenvalue weighted by Crippen LogP contribution is 2.17. The predicted molar refractivity (Wildman–Crippen MR) is 64.6 cm³/mol. The molecule has 16 heavy (non-hydrogen) atoms. The highest BCUT2D eigenvalue weighted by Gasteiger charge is 2.05. The van der Waals surface area contributed by atoms with Gasteiger partial charge in [0.05, 0.1) is 5.02 Å². The van der Waals surface area contributed by atoms with Crippen LogP contribution in [0.15, 0.2) is 24.4 Å². The van der Waals surface area contributed by atoms with Gasteiger partial charge in [-0.25, -0.2) is 9.97 Å². The summed E-state index contributed by atoms with van der Waals surface area (Å²) < 4.78 is 0. The van der Waals surface area contributed by atoms with Gasteiger partial charge in [0.1, 0.15) is 11.5 Å². The second-order valence-electron chi connectivity index (χ2n) is 3.33. The quantitative estimate of drug-likeness (QED) is 0.868. The summed E-state index contributed by atoms with van der Waals surface area (Å²) in [7, 11) is 1.82. The molecule has 0 radical (unpaired) electrons. The molecule has 2 rings (SSSR count). The van der Waals surface area contributed by atoms with Crippen LogP contribution in [0.5, 0.6) is 0 Å². The third-order valence-electron chi connectivity index (χ3n) is 2.07. The number of pyridine rings is 1. The van der Waals surface area contributed by atoms with Crippen molar-refractivity contribution < 1.29 is 0 Å². The van der Waals surface area contributed by atoms with Crippen molar-refractivity contribution in [2.45, 2.75) is 6.92 Å². The van der Waals surface area contributed by atoms with Crippen LogP contribution in [0, 0.1) is 6.92 Å². The van der Waals surface area contributed by atoms with Crippen LogP contribution in [0.2, 0.25) is 5.02 Å². The fourth-order valence-corrected chi connectivity index (χ4v) is 1.43. The molecule has 2 heterocycles. The van der Waals surface area contributed by atoms with Crippen LogP contribution < -0.4 is 5.32 Å². The zero-order valence-corrected chi connectivity index (χ0v) is 9.78. The molecule has 0 aliphatic rings. The van der Waals surface area contributed by atoms with Crippen molar-refractivity contribution >= 4 is 17.4 Å². The fraction of sp³-hybridized carbons (Fsp3) is 0.182. The van der Waals surface area contributed by atoms with Gasteiger partial charge in [0.2, 0.25) is 0 Å². The Bertz CT molecular complexity index is 496. The van der Waals surface area contributed by atoms with Crippen LogP contribution in [0.1, 0.15) is 5.69 Å². The van der Waals surface area contributed by atoms with Gasteiger partial charge in [-0.2, -0.15) is 0 Å². The number of rotatable bonds is 2. The molecule has 0 saturated carbocycles. The first-order valence-electron chi connectivity index (χ1n) is 4.84. The van der Waals surface area contributed by atoms with E-state index in [9.17, 15) is 0 Å². The van der Waals surface area contributed by atoms with Gasteiger partial charge in [-0.3, -0.25) is 4.98 Å². The summed E-state index contributed by atoms with van der Waals surface area (Å²) in [5, 5.41) is 3.59. The van der Waals surface area contributed by atoms with Crippen LogP contribution in [0.3, 0.4) is 0 Å². The van der Waals surface area contributed by atoms with E-state index in [1.54, 1.807) is 18.3 Å². The average molecular weight is 235 g/mol. The minimum Gasteiger partial charge on any atom is -0.373 e. The van der Waals surface area contributed by atoms with Crippen LogP contribution in [-0.2, 0) is 0 Å². The Morgan fingerprint density at radius 1 is 1.25 bits per heavy atom. The summed E-state index contributed by atoms with van der Waals surface area (Å²) in [6.07, 6.45) is 1.58. The number of hydrogen-bond acceptors (Lipinski definition) is 4. The molecular formula is C11H11ClN4. The van der Waals surface area contributed by atoms with Crippen molar-refractivity contribution in [3.63, 3.8) is 0 Å². The summed E-state index contributed by atoms with van der Waals surface area (Å²) in [5.41, 5.74) is 1.61. The Balaban J connectivity index is 2.47. The number of nitrogens with zero attached hydrogens (tertiary/aromatic N) is 3. The molecular weight excluding hydrogens is 224 g/mol. The molecule has 0 amide bonds. The van der Waals surface area contributed by atoms with Crippen molar-refractivity contribution in [3.8, 4) is 11.5 Å². The highest BCUT2D eigenvalue weighted by molar-refractivity contribution is 6.30. The van der Waals surface area contributed by atoms with Gasteiger partial charge in [0.15, 0.2) is 5.82 Å². The maximum atomic E-state index is 5.77. The molecule has 5 heteroatoms. The summed E-state index contributed by atoms with van der Waals surface area (Å²) in [5.74, 6) is 1.38. The van der Waals surface area contributed by atoms with E-state index in [1.165, 1.54) is 0 Å². The van der Waals surface area contributed by atoms with E-state index < -0.39 is 0 Å².